The molecule has 3 heterocycles. The maximum atomic E-state index is 14.6. The molecular weight excluding hydrogens is 795 g/mol. The summed E-state index contributed by atoms with van der Waals surface area (Å²) in [7, 11) is -3.01. The smallest absolute Gasteiger partial charge is 0.427 e. The molecule has 0 spiro atoms. The Morgan fingerprint density at radius 1 is 1.12 bits per heavy atom. The monoisotopic (exact) mass is 841 g/mol. The number of halogens is 4. The number of carbonyl (C=O) groups excluding carboxylic acids is 4. The number of aromatic nitrogens is 1. The molecule has 2 aliphatic carbocycles. The number of ether oxygens (including phenoxy) is 4. The van der Waals surface area contributed by atoms with Crippen LogP contribution in [0.4, 0.5) is 22.4 Å². The van der Waals surface area contributed by atoms with Gasteiger partial charge in [-0.05, 0) is 65.9 Å². The summed E-state index contributed by atoms with van der Waals surface area (Å²) in [5.74, 6) is -3.01. The number of hydrogen-bond donors (Lipinski definition) is 3. The lowest BCUT2D eigenvalue weighted by Crippen LogP contribution is -2.61. The molecule has 0 radical (unpaired) electrons. The van der Waals surface area contributed by atoms with Crippen LogP contribution in [0.3, 0.4) is 0 Å². The first-order chi connectivity index (χ1) is 27.2. The van der Waals surface area contributed by atoms with E-state index in [1.54, 1.807) is 43.3 Å². The van der Waals surface area contributed by atoms with Gasteiger partial charge in [-0.2, -0.15) is 13.2 Å². The molecule has 15 nitrogen and oxygen atoms in total. The molecule has 1 aromatic carbocycles. The molecule has 0 unspecified atom stereocenters. The Hall–Kier alpha value is -4.72. The predicted molar refractivity (Wildman–Crippen MR) is 199 cm³/mol. The largest absolute Gasteiger partial charge is 0.494 e. The van der Waals surface area contributed by atoms with E-state index in [0.29, 0.717) is 43.2 Å². The predicted octanol–water partition coefficient (Wildman–Crippen LogP) is 3.99. The van der Waals surface area contributed by atoms with E-state index in [1.807, 2.05) is 4.72 Å². The van der Waals surface area contributed by atoms with Crippen LogP contribution in [0.25, 0.3) is 10.8 Å². The first-order valence-corrected chi connectivity index (χ1v) is 20.4. The number of nitrogens with one attached hydrogen (secondary N) is 3. The molecule has 3 fully saturated rings. The zero-order chi connectivity index (χ0) is 42.4. The summed E-state index contributed by atoms with van der Waals surface area (Å²) in [4.78, 5) is 61.5. The summed E-state index contributed by atoms with van der Waals surface area (Å²) < 4.78 is 104. The fourth-order valence-electron chi connectivity index (χ4n) is 7.26. The van der Waals surface area contributed by atoms with Crippen molar-refractivity contribution >= 4 is 44.6 Å². The number of benzene rings is 1. The number of rotatable bonds is 9. The van der Waals surface area contributed by atoms with Gasteiger partial charge in [0, 0.05) is 23.1 Å². The molecule has 3 N–H and O–H groups in total. The number of methoxy groups -OCH3 is 1. The molecule has 6 rings (SSSR count). The number of hydrogen-bond acceptors (Lipinski definition) is 11. The molecule has 20 heteroatoms. The van der Waals surface area contributed by atoms with Gasteiger partial charge < -0.3 is 34.5 Å². The first kappa shape index (κ1) is 42.9. The molecule has 0 bridgehead atoms. The first-order valence-electron chi connectivity index (χ1n) is 18.9. The van der Waals surface area contributed by atoms with Gasteiger partial charge in [-0.25, -0.2) is 22.6 Å². The van der Waals surface area contributed by atoms with E-state index < -0.39 is 98.9 Å². The number of pyridine rings is 1. The van der Waals surface area contributed by atoms with Crippen LogP contribution in [0.2, 0.25) is 0 Å². The second-order valence-corrected chi connectivity index (χ2v) is 17.9. The topological polar surface area (TPSA) is 192 Å². The molecule has 58 heavy (non-hydrogen) atoms. The maximum Gasteiger partial charge on any atom is 0.427 e. The number of fused-ring (bicyclic) bond motifs is 3. The van der Waals surface area contributed by atoms with Crippen LogP contribution >= 0.6 is 0 Å². The van der Waals surface area contributed by atoms with Crippen LogP contribution in [0.1, 0.15) is 66.2 Å². The number of carbonyl (C=O) groups is 4. The number of amides is 4. The average Bonchev–Trinajstić information content (AvgIpc) is 4.06. The molecule has 2 saturated carbocycles. The van der Waals surface area contributed by atoms with E-state index in [1.165, 1.54) is 20.2 Å². The molecule has 2 aliphatic heterocycles. The van der Waals surface area contributed by atoms with Crippen molar-refractivity contribution < 1.29 is 64.1 Å². The van der Waals surface area contributed by atoms with Crippen molar-refractivity contribution in [3.63, 3.8) is 0 Å². The van der Waals surface area contributed by atoms with Crippen molar-refractivity contribution in [3.05, 3.63) is 42.6 Å². The second kappa shape index (κ2) is 15.8. The van der Waals surface area contributed by atoms with Crippen LogP contribution in [0, 0.1) is 5.92 Å². The number of alkyl halides is 4. The normalized spacial score (nSPS) is 29.4. The number of alkyl carbamates (subject to hydrolysis) is 1. The summed E-state index contributed by atoms with van der Waals surface area (Å²) >= 11 is 0. The van der Waals surface area contributed by atoms with E-state index in [4.69, 9.17) is 18.9 Å². The summed E-state index contributed by atoms with van der Waals surface area (Å²) in [6.45, 7) is 2.90. The minimum absolute atomic E-state index is 0.0167. The van der Waals surface area contributed by atoms with Crippen molar-refractivity contribution in [1.29, 1.82) is 0 Å². The molecular formula is C38H47F4N5O10S. The van der Waals surface area contributed by atoms with Crippen LogP contribution in [0.5, 0.6) is 11.6 Å². The third-order valence-corrected chi connectivity index (χ3v) is 13.4. The van der Waals surface area contributed by atoms with Crippen LogP contribution in [-0.4, -0.2) is 115 Å². The minimum atomic E-state index is -4.96. The maximum absolute atomic E-state index is 14.6. The molecule has 4 amide bonds. The van der Waals surface area contributed by atoms with Gasteiger partial charge >= 0.3 is 12.3 Å². The second-order valence-electron chi connectivity index (χ2n) is 15.9. The molecule has 7 atom stereocenters. The van der Waals surface area contributed by atoms with Crippen molar-refractivity contribution in [2.45, 2.75) is 119 Å². The zero-order valence-corrected chi connectivity index (χ0v) is 33.4. The standard InChI is InChI=1S/C38H47F4N5O10S/c1-21-10-6-7-11-23-17-37(23,33(50)46-58(52,53)36(20-39)14-15-36)45-30(48)27-16-24(56-31-26-13-9-8-12-25(26)28(54-5)18-43-31)19-47(27)32(49)29(22(2)55-21)44-34(51)57-35(3,4)38(40,41)42/h7-9,11-13,18,21-24,27,29H,6,10,14-17,19-20H2,1-5H3,(H,44,51)(H,45,48)(H,46,50)/b11-7-/t21-,22-,23+,24+,27-,29-,37+/m0/s1. The van der Waals surface area contributed by atoms with Gasteiger partial charge in [0.1, 0.15) is 40.9 Å². The number of allylic oxidation sites excluding steroid dienone is 1. The average molecular weight is 842 g/mol. The molecule has 2 aromatic rings. The quantitative estimate of drug-likeness (QED) is 0.245. The van der Waals surface area contributed by atoms with Crippen molar-refractivity contribution in [3.8, 4) is 11.6 Å². The number of nitrogens with zero attached hydrogens (tertiary/aromatic N) is 2. The van der Waals surface area contributed by atoms with Gasteiger partial charge in [-0.1, -0.05) is 30.4 Å². The van der Waals surface area contributed by atoms with Crippen LogP contribution in [-0.2, 0) is 33.9 Å². The van der Waals surface area contributed by atoms with Gasteiger partial charge in [0.25, 0.3) is 5.91 Å². The Morgan fingerprint density at radius 2 is 1.81 bits per heavy atom. The van der Waals surface area contributed by atoms with Gasteiger partial charge in [-0.15, -0.1) is 0 Å². The Kier molecular flexibility index (Phi) is 11.7. The zero-order valence-electron chi connectivity index (χ0n) is 32.6. The van der Waals surface area contributed by atoms with Gasteiger partial charge in [-0.3, -0.25) is 19.1 Å². The Bertz CT molecular complexity index is 2080. The van der Waals surface area contributed by atoms with Crippen molar-refractivity contribution in [2.24, 2.45) is 5.92 Å². The highest BCUT2D eigenvalue weighted by Gasteiger charge is 2.64. The lowest BCUT2D eigenvalue weighted by atomic mass is 10.1. The van der Waals surface area contributed by atoms with Crippen molar-refractivity contribution in [2.75, 3.05) is 20.3 Å². The summed E-state index contributed by atoms with van der Waals surface area (Å²) in [6.07, 6.45) is -3.88. The summed E-state index contributed by atoms with van der Waals surface area (Å²) in [5.41, 5.74) is -4.74. The van der Waals surface area contributed by atoms with Crippen molar-refractivity contribution in [1.82, 2.24) is 25.2 Å². The molecule has 4 aliphatic rings. The third-order valence-electron chi connectivity index (χ3n) is 11.3. The van der Waals surface area contributed by atoms with E-state index >= 15 is 0 Å². The van der Waals surface area contributed by atoms with E-state index in [2.05, 4.69) is 15.6 Å². The lowest BCUT2D eigenvalue weighted by Gasteiger charge is -2.34. The molecule has 1 saturated heterocycles. The fourth-order valence-corrected chi connectivity index (χ4v) is 8.69. The highest BCUT2D eigenvalue weighted by molar-refractivity contribution is 7.91. The minimum Gasteiger partial charge on any atom is -0.494 e. The van der Waals surface area contributed by atoms with E-state index in [9.17, 15) is 45.2 Å². The number of sulfonamides is 1. The van der Waals surface area contributed by atoms with E-state index in [-0.39, 0.29) is 38.1 Å². The fraction of sp³-hybridized carbons (Fsp3) is 0.605. The summed E-state index contributed by atoms with van der Waals surface area (Å²) in [6, 6.07) is 3.90. The Balaban J connectivity index is 1.36. The highest BCUT2D eigenvalue weighted by atomic mass is 32.2. The summed E-state index contributed by atoms with van der Waals surface area (Å²) in [5, 5.41) is 6.11. The molecule has 1 aromatic heterocycles. The van der Waals surface area contributed by atoms with E-state index in [0.717, 1.165) is 4.90 Å². The van der Waals surface area contributed by atoms with Gasteiger partial charge in [0.2, 0.25) is 33.3 Å². The highest BCUT2D eigenvalue weighted by Crippen LogP contribution is 2.48. The van der Waals surface area contributed by atoms with Gasteiger partial charge in [0.15, 0.2) is 0 Å². The molecule has 318 valence electrons. The van der Waals surface area contributed by atoms with Crippen LogP contribution in [0.15, 0.2) is 42.6 Å². The SMILES string of the molecule is COc1cnc(O[C@@H]2C[C@H]3C(=O)N[C@]4(C(=O)NS(=O)(=O)C5(CF)CC5)C[C@H]4/C=C\CC[C@H](C)O[C@@H](C)[C@H](NC(=O)OC(C)(C)C(F)(F)F)C(=O)N3C2)c2ccccc12. The lowest BCUT2D eigenvalue weighted by molar-refractivity contribution is -0.244. The Labute approximate surface area is 332 Å². The Morgan fingerprint density at radius 3 is 2.45 bits per heavy atom. The third kappa shape index (κ3) is 8.39. The van der Waals surface area contributed by atoms with Crippen LogP contribution < -0.4 is 24.8 Å². The van der Waals surface area contributed by atoms with Gasteiger partial charge in [0.05, 0.1) is 32.1 Å².